The van der Waals surface area contributed by atoms with Gasteiger partial charge < -0.3 is 14.5 Å². The SMILES string of the molecule is CCc1ccc2oc(-c3ccc(NC(=O)C=Cc4cc(Cl)cc(Cl)c4OC)cc3)nc2c1. The van der Waals surface area contributed by atoms with Crippen LogP contribution in [0.4, 0.5) is 5.69 Å². The van der Waals surface area contributed by atoms with Crippen LogP contribution < -0.4 is 10.1 Å². The quantitative estimate of drug-likeness (QED) is 0.310. The smallest absolute Gasteiger partial charge is 0.248 e. The van der Waals surface area contributed by atoms with Crippen molar-refractivity contribution in [3.05, 3.63) is 81.8 Å². The molecule has 0 atom stereocenters. The van der Waals surface area contributed by atoms with Crippen molar-refractivity contribution in [2.75, 3.05) is 12.4 Å². The summed E-state index contributed by atoms with van der Waals surface area (Å²) in [5, 5.41) is 3.65. The van der Waals surface area contributed by atoms with Crippen LogP contribution in [0, 0.1) is 0 Å². The van der Waals surface area contributed by atoms with E-state index in [9.17, 15) is 4.79 Å². The van der Waals surface area contributed by atoms with E-state index in [4.69, 9.17) is 32.4 Å². The number of carbonyl (C=O) groups is 1. The van der Waals surface area contributed by atoms with Crippen molar-refractivity contribution in [2.24, 2.45) is 0 Å². The van der Waals surface area contributed by atoms with Gasteiger partial charge in [-0.05, 0) is 66.6 Å². The maximum Gasteiger partial charge on any atom is 0.248 e. The standard InChI is InChI=1S/C25H20Cl2N2O3/c1-3-15-4-10-22-21(12-15)29-25(32-22)16-5-8-19(9-6-16)28-23(30)11-7-17-13-18(26)14-20(27)24(17)31-2/h4-14H,3H2,1-2H3,(H,28,30). The molecule has 0 saturated carbocycles. The van der Waals surface area contributed by atoms with Crippen LogP contribution in [0.25, 0.3) is 28.6 Å². The highest BCUT2D eigenvalue weighted by Gasteiger charge is 2.10. The van der Waals surface area contributed by atoms with Crippen LogP contribution in [-0.4, -0.2) is 18.0 Å². The Hall–Kier alpha value is -3.28. The van der Waals surface area contributed by atoms with Crippen LogP contribution in [0.1, 0.15) is 18.1 Å². The van der Waals surface area contributed by atoms with Gasteiger partial charge in [0.25, 0.3) is 0 Å². The highest BCUT2D eigenvalue weighted by atomic mass is 35.5. The lowest BCUT2D eigenvalue weighted by Gasteiger charge is -2.08. The Morgan fingerprint density at radius 2 is 1.91 bits per heavy atom. The van der Waals surface area contributed by atoms with Crippen LogP contribution in [0.2, 0.25) is 10.0 Å². The zero-order valence-electron chi connectivity index (χ0n) is 17.5. The fourth-order valence-electron chi connectivity index (χ4n) is 3.28. The summed E-state index contributed by atoms with van der Waals surface area (Å²) in [5.74, 6) is 0.690. The molecule has 0 saturated heterocycles. The molecule has 1 heterocycles. The van der Waals surface area contributed by atoms with Crippen LogP contribution in [0.3, 0.4) is 0 Å². The Labute approximate surface area is 195 Å². The lowest BCUT2D eigenvalue weighted by atomic mass is 10.1. The minimum absolute atomic E-state index is 0.301. The average Bonchev–Trinajstić information content (AvgIpc) is 3.21. The number of nitrogens with zero attached hydrogens (tertiary/aromatic N) is 1. The van der Waals surface area contributed by atoms with E-state index >= 15 is 0 Å². The van der Waals surface area contributed by atoms with Gasteiger partial charge >= 0.3 is 0 Å². The molecule has 0 unspecified atom stereocenters. The van der Waals surface area contributed by atoms with Crippen molar-refractivity contribution < 1.29 is 13.9 Å². The Morgan fingerprint density at radius 1 is 1.12 bits per heavy atom. The van der Waals surface area contributed by atoms with Crippen LogP contribution in [-0.2, 0) is 11.2 Å². The lowest BCUT2D eigenvalue weighted by Crippen LogP contribution is -2.07. The maximum absolute atomic E-state index is 12.4. The number of rotatable bonds is 6. The summed E-state index contributed by atoms with van der Waals surface area (Å²) >= 11 is 12.2. The van der Waals surface area contributed by atoms with Gasteiger partial charge in [0.2, 0.25) is 11.8 Å². The number of aromatic nitrogens is 1. The Morgan fingerprint density at radius 3 is 2.62 bits per heavy atom. The Kier molecular flexibility index (Phi) is 6.49. The van der Waals surface area contributed by atoms with E-state index in [1.165, 1.54) is 18.7 Å². The number of oxazole rings is 1. The summed E-state index contributed by atoms with van der Waals surface area (Å²) in [5.41, 5.74) is 4.86. The summed E-state index contributed by atoms with van der Waals surface area (Å²) < 4.78 is 11.1. The predicted molar refractivity (Wildman–Crippen MR) is 130 cm³/mol. The fourth-order valence-corrected chi connectivity index (χ4v) is 3.87. The second-order valence-electron chi connectivity index (χ2n) is 7.08. The van der Waals surface area contributed by atoms with E-state index in [0.717, 1.165) is 23.1 Å². The number of anilines is 1. The van der Waals surface area contributed by atoms with Gasteiger partial charge in [0.05, 0.1) is 12.1 Å². The number of aryl methyl sites for hydroxylation is 1. The van der Waals surface area contributed by atoms with Crippen molar-refractivity contribution in [2.45, 2.75) is 13.3 Å². The number of carbonyl (C=O) groups excluding carboxylic acids is 1. The van der Waals surface area contributed by atoms with Gasteiger partial charge in [-0.2, -0.15) is 0 Å². The molecule has 0 aliphatic carbocycles. The first-order chi connectivity index (χ1) is 15.5. The molecule has 0 radical (unpaired) electrons. The molecule has 5 nitrogen and oxygen atoms in total. The number of nitrogens with one attached hydrogen (secondary N) is 1. The monoisotopic (exact) mass is 466 g/mol. The summed E-state index contributed by atoms with van der Waals surface area (Å²) in [4.78, 5) is 16.9. The number of hydrogen-bond acceptors (Lipinski definition) is 4. The second kappa shape index (κ2) is 9.47. The molecular weight excluding hydrogens is 447 g/mol. The van der Waals surface area contributed by atoms with Crippen molar-refractivity contribution in [3.8, 4) is 17.2 Å². The van der Waals surface area contributed by atoms with E-state index in [2.05, 4.69) is 17.2 Å². The van der Waals surface area contributed by atoms with Gasteiger partial charge in [0, 0.05) is 27.9 Å². The number of methoxy groups -OCH3 is 1. The van der Waals surface area contributed by atoms with Crippen LogP contribution >= 0.6 is 23.2 Å². The summed E-state index contributed by atoms with van der Waals surface area (Å²) in [6, 6.07) is 16.6. The minimum atomic E-state index is -0.301. The molecule has 162 valence electrons. The molecule has 4 rings (SSSR count). The number of hydrogen-bond donors (Lipinski definition) is 1. The Balaban J connectivity index is 1.47. The zero-order valence-corrected chi connectivity index (χ0v) is 19.0. The fraction of sp³-hybridized carbons (Fsp3) is 0.120. The predicted octanol–water partition coefficient (Wildman–Crippen LogP) is 7.02. The third-order valence-corrected chi connectivity index (χ3v) is 5.41. The molecule has 3 aromatic carbocycles. The number of fused-ring (bicyclic) bond motifs is 1. The third kappa shape index (κ3) is 4.79. The number of amides is 1. The molecule has 1 amide bonds. The molecule has 32 heavy (non-hydrogen) atoms. The molecule has 0 fully saturated rings. The molecule has 0 aliphatic heterocycles. The molecule has 0 bridgehead atoms. The van der Waals surface area contributed by atoms with Crippen LogP contribution in [0.5, 0.6) is 5.75 Å². The third-order valence-electron chi connectivity index (χ3n) is 4.92. The molecule has 0 aliphatic rings. The van der Waals surface area contributed by atoms with Gasteiger partial charge in [-0.1, -0.05) is 36.2 Å². The minimum Gasteiger partial charge on any atom is -0.495 e. The highest BCUT2D eigenvalue weighted by Crippen LogP contribution is 2.33. The van der Waals surface area contributed by atoms with Crippen molar-refractivity contribution in [1.29, 1.82) is 0 Å². The van der Waals surface area contributed by atoms with Gasteiger partial charge in [-0.3, -0.25) is 4.79 Å². The summed E-state index contributed by atoms with van der Waals surface area (Å²) in [6.07, 6.45) is 3.94. The zero-order chi connectivity index (χ0) is 22.7. The van der Waals surface area contributed by atoms with Crippen LogP contribution in [0.15, 0.2) is 65.1 Å². The van der Waals surface area contributed by atoms with Crippen molar-refractivity contribution >= 4 is 52.0 Å². The Bertz CT molecular complexity index is 1310. The van der Waals surface area contributed by atoms with Crippen molar-refractivity contribution in [3.63, 3.8) is 0 Å². The molecule has 4 aromatic rings. The van der Waals surface area contributed by atoms with Crippen molar-refractivity contribution in [1.82, 2.24) is 4.98 Å². The second-order valence-corrected chi connectivity index (χ2v) is 7.93. The number of benzene rings is 3. The van der Waals surface area contributed by atoms with Gasteiger partial charge in [-0.15, -0.1) is 0 Å². The molecular formula is C25H20Cl2N2O3. The van der Waals surface area contributed by atoms with E-state index in [1.54, 1.807) is 30.3 Å². The first-order valence-electron chi connectivity index (χ1n) is 9.99. The number of halogens is 2. The van der Waals surface area contributed by atoms with Gasteiger partial charge in [0.15, 0.2) is 5.58 Å². The largest absolute Gasteiger partial charge is 0.495 e. The van der Waals surface area contributed by atoms with E-state index in [-0.39, 0.29) is 5.91 Å². The maximum atomic E-state index is 12.4. The first-order valence-corrected chi connectivity index (χ1v) is 10.7. The summed E-state index contributed by atoms with van der Waals surface area (Å²) in [7, 11) is 1.51. The molecule has 0 spiro atoms. The van der Waals surface area contributed by atoms with Gasteiger partial charge in [0.1, 0.15) is 11.3 Å². The molecule has 1 N–H and O–H groups in total. The normalized spacial score (nSPS) is 11.2. The highest BCUT2D eigenvalue weighted by molar-refractivity contribution is 6.36. The summed E-state index contributed by atoms with van der Waals surface area (Å²) in [6.45, 7) is 2.10. The topological polar surface area (TPSA) is 64.4 Å². The molecule has 7 heteroatoms. The lowest BCUT2D eigenvalue weighted by molar-refractivity contribution is -0.111. The van der Waals surface area contributed by atoms with E-state index < -0.39 is 0 Å². The van der Waals surface area contributed by atoms with Gasteiger partial charge in [-0.25, -0.2) is 4.98 Å². The average molecular weight is 467 g/mol. The van der Waals surface area contributed by atoms with E-state index in [0.29, 0.717) is 32.9 Å². The molecule has 1 aromatic heterocycles. The number of ether oxygens (including phenoxy) is 1. The first kappa shape index (κ1) is 21.9. The van der Waals surface area contributed by atoms with E-state index in [1.807, 2.05) is 30.3 Å².